The topological polar surface area (TPSA) is 89.4 Å². The minimum Gasteiger partial charge on any atom is -0.314 e. The van der Waals surface area contributed by atoms with E-state index in [2.05, 4.69) is 26.6 Å². The quantitative estimate of drug-likeness (QED) is 0.264. The Morgan fingerprint density at radius 2 is 0.737 bits per heavy atom. The Kier molecular flexibility index (Phi) is 11.2. The van der Waals surface area contributed by atoms with Crippen LogP contribution in [-0.4, -0.2) is 83.5 Å². The highest BCUT2D eigenvalue weighted by atomic mass is 15.4. The summed E-state index contributed by atoms with van der Waals surface area (Å²) in [5.74, 6) is 5.90. The van der Waals surface area contributed by atoms with E-state index in [0.29, 0.717) is 0 Å². The molecule has 0 aromatic rings. The Bertz CT molecular complexity index is 173. The highest BCUT2D eigenvalue weighted by Gasteiger charge is 1.98. The van der Waals surface area contributed by atoms with Crippen molar-refractivity contribution in [1.82, 2.24) is 31.6 Å². The minimum absolute atomic E-state index is 0.890. The summed E-state index contributed by atoms with van der Waals surface area (Å²) in [6.07, 6.45) is 0. The summed E-state index contributed by atoms with van der Waals surface area (Å²) >= 11 is 0. The standard InChI is InChI=1S/C12H31N7/c13-19-11-9-17-7-5-15-3-1-14-2-4-16-6-8-18-10-12-19/h14-18H,1-13H2. The first-order valence-corrected chi connectivity index (χ1v) is 7.43. The van der Waals surface area contributed by atoms with Gasteiger partial charge >= 0.3 is 0 Å². The normalized spacial score (nSPS) is 24.5. The van der Waals surface area contributed by atoms with Crippen LogP contribution in [0.15, 0.2) is 0 Å². The molecular weight excluding hydrogens is 242 g/mol. The first-order chi connectivity index (χ1) is 9.39. The van der Waals surface area contributed by atoms with Crippen molar-refractivity contribution >= 4 is 0 Å². The maximum Gasteiger partial charge on any atom is 0.0254 e. The molecule has 7 nitrogen and oxygen atoms in total. The van der Waals surface area contributed by atoms with Gasteiger partial charge in [-0.2, -0.15) is 0 Å². The van der Waals surface area contributed by atoms with Gasteiger partial charge in [-0.05, 0) is 0 Å². The molecule has 0 spiro atoms. The number of nitrogens with two attached hydrogens (primary N) is 1. The largest absolute Gasteiger partial charge is 0.314 e. The molecule has 1 saturated heterocycles. The molecule has 0 radical (unpaired) electrons. The highest BCUT2D eigenvalue weighted by Crippen LogP contribution is 1.75. The van der Waals surface area contributed by atoms with Gasteiger partial charge in [0, 0.05) is 78.5 Å². The number of hydrogen-bond acceptors (Lipinski definition) is 7. The summed E-state index contributed by atoms with van der Waals surface area (Å²) in [7, 11) is 0. The molecular formula is C12H31N7. The van der Waals surface area contributed by atoms with Gasteiger partial charge in [0.1, 0.15) is 0 Å². The summed E-state index contributed by atoms with van der Waals surface area (Å²) in [5, 5.41) is 18.8. The van der Waals surface area contributed by atoms with E-state index in [1.165, 1.54) is 0 Å². The van der Waals surface area contributed by atoms with Gasteiger partial charge in [0.15, 0.2) is 0 Å². The van der Waals surface area contributed by atoms with Crippen molar-refractivity contribution in [3.63, 3.8) is 0 Å². The lowest BCUT2D eigenvalue weighted by atomic mass is 10.4. The van der Waals surface area contributed by atoms with Crippen molar-refractivity contribution < 1.29 is 0 Å². The second-order valence-corrected chi connectivity index (χ2v) is 4.79. The monoisotopic (exact) mass is 273 g/mol. The molecule has 0 aromatic carbocycles. The maximum atomic E-state index is 5.90. The summed E-state index contributed by atoms with van der Waals surface area (Å²) in [6.45, 7) is 11.8. The fourth-order valence-corrected chi connectivity index (χ4v) is 1.89. The van der Waals surface area contributed by atoms with Crippen LogP contribution in [0.5, 0.6) is 0 Å². The van der Waals surface area contributed by atoms with Gasteiger partial charge < -0.3 is 26.6 Å². The van der Waals surface area contributed by atoms with Gasteiger partial charge in [-0.15, -0.1) is 0 Å². The molecule has 7 N–H and O–H groups in total. The summed E-state index contributed by atoms with van der Waals surface area (Å²) < 4.78 is 0. The van der Waals surface area contributed by atoms with Gasteiger partial charge in [0.25, 0.3) is 0 Å². The van der Waals surface area contributed by atoms with Crippen LogP contribution < -0.4 is 32.4 Å². The Hall–Kier alpha value is -0.280. The number of rotatable bonds is 0. The van der Waals surface area contributed by atoms with Crippen molar-refractivity contribution in [3.8, 4) is 0 Å². The molecule has 0 atom stereocenters. The van der Waals surface area contributed by atoms with E-state index < -0.39 is 0 Å². The van der Waals surface area contributed by atoms with E-state index in [1.807, 2.05) is 5.01 Å². The average Bonchev–Trinajstić information content (AvgIpc) is 2.41. The Morgan fingerprint density at radius 3 is 1.05 bits per heavy atom. The van der Waals surface area contributed by atoms with Gasteiger partial charge in [0.05, 0.1) is 0 Å². The van der Waals surface area contributed by atoms with E-state index in [-0.39, 0.29) is 0 Å². The van der Waals surface area contributed by atoms with E-state index >= 15 is 0 Å². The zero-order chi connectivity index (χ0) is 13.6. The number of nitrogens with zero attached hydrogens (tertiary/aromatic N) is 1. The molecule has 0 bridgehead atoms. The zero-order valence-corrected chi connectivity index (χ0v) is 12.0. The van der Waals surface area contributed by atoms with E-state index in [4.69, 9.17) is 5.84 Å². The van der Waals surface area contributed by atoms with Crippen molar-refractivity contribution in [2.45, 2.75) is 0 Å². The SMILES string of the molecule is NN1CCNCCNCCNCCNCCNCC1. The van der Waals surface area contributed by atoms with E-state index in [9.17, 15) is 0 Å². The minimum atomic E-state index is 0.890. The second kappa shape index (κ2) is 12.7. The number of hydrogen-bond donors (Lipinski definition) is 6. The van der Waals surface area contributed by atoms with Gasteiger partial charge in [-0.25, -0.2) is 5.01 Å². The van der Waals surface area contributed by atoms with Crippen molar-refractivity contribution in [2.75, 3.05) is 78.5 Å². The molecule has 7 heteroatoms. The lowest BCUT2D eigenvalue weighted by molar-refractivity contribution is 0.281. The molecule has 0 amide bonds. The summed E-state index contributed by atoms with van der Waals surface area (Å²) in [4.78, 5) is 0. The lowest BCUT2D eigenvalue weighted by Gasteiger charge is -2.17. The van der Waals surface area contributed by atoms with Crippen LogP contribution in [0.25, 0.3) is 0 Å². The van der Waals surface area contributed by atoms with Crippen LogP contribution in [0.1, 0.15) is 0 Å². The molecule has 0 aliphatic carbocycles. The first-order valence-electron chi connectivity index (χ1n) is 7.43. The molecule has 0 saturated carbocycles. The zero-order valence-electron chi connectivity index (χ0n) is 12.0. The van der Waals surface area contributed by atoms with Crippen LogP contribution in [0.2, 0.25) is 0 Å². The lowest BCUT2D eigenvalue weighted by Crippen LogP contribution is -2.43. The van der Waals surface area contributed by atoms with Crippen LogP contribution in [0.4, 0.5) is 0 Å². The Balaban J connectivity index is 2.08. The maximum absolute atomic E-state index is 5.90. The molecule has 1 aliphatic heterocycles. The summed E-state index contributed by atoms with van der Waals surface area (Å²) in [5.41, 5.74) is 0. The van der Waals surface area contributed by atoms with Crippen LogP contribution in [0, 0.1) is 0 Å². The smallest absolute Gasteiger partial charge is 0.0254 e. The van der Waals surface area contributed by atoms with Crippen LogP contribution in [-0.2, 0) is 0 Å². The number of nitrogens with one attached hydrogen (secondary N) is 5. The average molecular weight is 273 g/mol. The van der Waals surface area contributed by atoms with Gasteiger partial charge in [-0.1, -0.05) is 0 Å². The molecule has 1 rings (SSSR count). The Morgan fingerprint density at radius 1 is 0.474 bits per heavy atom. The fourth-order valence-electron chi connectivity index (χ4n) is 1.89. The third kappa shape index (κ3) is 11.3. The Labute approximate surface area is 117 Å². The predicted octanol–water partition coefficient (Wildman–Crippen LogP) is -2.88. The van der Waals surface area contributed by atoms with Crippen molar-refractivity contribution in [3.05, 3.63) is 0 Å². The van der Waals surface area contributed by atoms with E-state index in [0.717, 1.165) is 78.5 Å². The third-order valence-electron chi connectivity index (χ3n) is 3.07. The number of hydrazine groups is 1. The summed E-state index contributed by atoms with van der Waals surface area (Å²) in [6, 6.07) is 0. The molecule has 0 aromatic heterocycles. The van der Waals surface area contributed by atoms with Gasteiger partial charge in [0.2, 0.25) is 0 Å². The van der Waals surface area contributed by atoms with Crippen LogP contribution in [0.3, 0.4) is 0 Å². The molecule has 1 aliphatic rings. The molecule has 1 fully saturated rings. The molecule has 114 valence electrons. The molecule has 0 unspecified atom stereocenters. The third-order valence-corrected chi connectivity index (χ3v) is 3.07. The highest BCUT2D eigenvalue weighted by molar-refractivity contribution is 4.60. The van der Waals surface area contributed by atoms with Crippen LogP contribution >= 0.6 is 0 Å². The first kappa shape index (κ1) is 16.8. The van der Waals surface area contributed by atoms with Gasteiger partial charge in [-0.3, -0.25) is 5.84 Å². The molecule has 19 heavy (non-hydrogen) atoms. The van der Waals surface area contributed by atoms with Crippen molar-refractivity contribution in [2.24, 2.45) is 5.84 Å². The predicted molar refractivity (Wildman–Crippen MR) is 80.1 cm³/mol. The molecule has 1 heterocycles. The fraction of sp³-hybridized carbons (Fsp3) is 1.00. The van der Waals surface area contributed by atoms with Crippen molar-refractivity contribution in [1.29, 1.82) is 0 Å². The second-order valence-electron chi connectivity index (χ2n) is 4.79. The van der Waals surface area contributed by atoms with E-state index in [1.54, 1.807) is 0 Å².